The summed E-state index contributed by atoms with van der Waals surface area (Å²) in [4.78, 5) is 14.1. The molecule has 1 amide bonds. The number of nitrogens with one attached hydrogen (secondary N) is 2. The van der Waals surface area contributed by atoms with Crippen LogP contribution in [0.1, 0.15) is 26.2 Å². The van der Waals surface area contributed by atoms with Crippen LogP contribution in [0, 0.1) is 0 Å². The molecular weight excluding hydrogens is 190 g/mol. The Morgan fingerprint density at radius 3 is 2.80 bits per heavy atom. The van der Waals surface area contributed by atoms with Gasteiger partial charge in [-0.1, -0.05) is 6.42 Å². The number of carbonyl (C=O) groups is 1. The van der Waals surface area contributed by atoms with Crippen molar-refractivity contribution in [3.8, 4) is 0 Å². The van der Waals surface area contributed by atoms with Gasteiger partial charge in [-0.2, -0.15) is 0 Å². The van der Waals surface area contributed by atoms with Crippen LogP contribution < -0.4 is 10.6 Å². The Labute approximate surface area is 91.4 Å². The van der Waals surface area contributed by atoms with Crippen LogP contribution >= 0.6 is 0 Å². The van der Waals surface area contributed by atoms with Crippen molar-refractivity contribution < 1.29 is 4.79 Å². The standard InChI is InChI=1S/C11H21N3O/c1-9-8-14(7-6-12-9)11(15)10-4-2-3-5-13-10/h9-10,12-13H,2-8H2,1H3. The maximum absolute atomic E-state index is 12.1. The van der Waals surface area contributed by atoms with E-state index in [9.17, 15) is 4.79 Å². The minimum atomic E-state index is 0.0871. The molecule has 2 N–H and O–H groups in total. The first-order valence-electron chi connectivity index (χ1n) is 6.03. The lowest BCUT2D eigenvalue weighted by atomic mass is 10.0. The smallest absolute Gasteiger partial charge is 0.239 e. The van der Waals surface area contributed by atoms with Crippen molar-refractivity contribution in [3.05, 3.63) is 0 Å². The van der Waals surface area contributed by atoms with Gasteiger partial charge in [-0.15, -0.1) is 0 Å². The number of nitrogens with zero attached hydrogens (tertiary/aromatic N) is 1. The van der Waals surface area contributed by atoms with Crippen molar-refractivity contribution >= 4 is 5.91 Å². The van der Waals surface area contributed by atoms with Gasteiger partial charge in [0.1, 0.15) is 0 Å². The van der Waals surface area contributed by atoms with Gasteiger partial charge in [0.05, 0.1) is 6.04 Å². The van der Waals surface area contributed by atoms with Gasteiger partial charge in [0, 0.05) is 25.7 Å². The van der Waals surface area contributed by atoms with E-state index in [1.165, 1.54) is 12.8 Å². The third-order valence-corrected chi connectivity index (χ3v) is 3.29. The third kappa shape index (κ3) is 2.69. The normalized spacial score (nSPS) is 32.7. The van der Waals surface area contributed by atoms with E-state index in [-0.39, 0.29) is 6.04 Å². The van der Waals surface area contributed by atoms with Crippen LogP contribution in [0.5, 0.6) is 0 Å². The molecule has 0 spiro atoms. The lowest BCUT2D eigenvalue weighted by Crippen LogP contribution is -2.56. The minimum absolute atomic E-state index is 0.0871. The van der Waals surface area contributed by atoms with E-state index in [4.69, 9.17) is 0 Å². The summed E-state index contributed by atoms with van der Waals surface area (Å²) in [5, 5.41) is 6.67. The zero-order valence-corrected chi connectivity index (χ0v) is 9.46. The summed E-state index contributed by atoms with van der Waals surface area (Å²) in [6.45, 7) is 5.78. The monoisotopic (exact) mass is 211 g/mol. The lowest BCUT2D eigenvalue weighted by molar-refractivity contribution is -0.135. The van der Waals surface area contributed by atoms with Crippen LogP contribution in [0.2, 0.25) is 0 Å². The van der Waals surface area contributed by atoms with E-state index in [1.54, 1.807) is 0 Å². The molecule has 0 aromatic rings. The highest BCUT2D eigenvalue weighted by atomic mass is 16.2. The molecule has 86 valence electrons. The number of rotatable bonds is 1. The molecule has 2 atom stereocenters. The highest BCUT2D eigenvalue weighted by molar-refractivity contribution is 5.82. The zero-order chi connectivity index (χ0) is 10.7. The first kappa shape index (κ1) is 10.9. The molecule has 2 aliphatic heterocycles. The van der Waals surface area contributed by atoms with Crippen LogP contribution in [0.15, 0.2) is 0 Å². The maximum Gasteiger partial charge on any atom is 0.239 e. The Morgan fingerprint density at radius 2 is 2.13 bits per heavy atom. The molecule has 0 aliphatic carbocycles. The van der Waals surface area contributed by atoms with E-state index in [2.05, 4.69) is 17.6 Å². The number of piperazine rings is 1. The Morgan fingerprint density at radius 1 is 1.27 bits per heavy atom. The number of carbonyl (C=O) groups excluding carboxylic acids is 1. The molecule has 15 heavy (non-hydrogen) atoms. The van der Waals surface area contributed by atoms with E-state index in [0.717, 1.165) is 32.6 Å². The van der Waals surface area contributed by atoms with Gasteiger partial charge in [0.25, 0.3) is 0 Å². The highest BCUT2D eigenvalue weighted by Crippen LogP contribution is 2.11. The van der Waals surface area contributed by atoms with E-state index < -0.39 is 0 Å². The van der Waals surface area contributed by atoms with Crippen molar-refractivity contribution in [2.24, 2.45) is 0 Å². The number of piperidine rings is 1. The molecule has 0 aromatic carbocycles. The van der Waals surface area contributed by atoms with Crippen molar-refractivity contribution in [3.63, 3.8) is 0 Å². The van der Waals surface area contributed by atoms with Gasteiger partial charge < -0.3 is 15.5 Å². The first-order chi connectivity index (χ1) is 7.27. The molecule has 2 fully saturated rings. The molecule has 0 aromatic heterocycles. The fourth-order valence-corrected chi connectivity index (χ4v) is 2.42. The molecule has 4 nitrogen and oxygen atoms in total. The fraction of sp³-hybridized carbons (Fsp3) is 0.909. The Kier molecular flexibility index (Phi) is 3.59. The van der Waals surface area contributed by atoms with Crippen LogP contribution in [0.4, 0.5) is 0 Å². The quantitative estimate of drug-likeness (QED) is 0.639. The second-order valence-electron chi connectivity index (χ2n) is 4.64. The van der Waals surface area contributed by atoms with Gasteiger partial charge >= 0.3 is 0 Å². The summed E-state index contributed by atoms with van der Waals surface area (Å²) in [5.74, 6) is 0.308. The van der Waals surface area contributed by atoms with Gasteiger partial charge in [-0.3, -0.25) is 4.79 Å². The van der Waals surface area contributed by atoms with Gasteiger partial charge in [0.2, 0.25) is 5.91 Å². The van der Waals surface area contributed by atoms with Crippen molar-refractivity contribution in [1.82, 2.24) is 15.5 Å². The largest absolute Gasteiger partial charge is 0.339 e. The summed E-state index contributed by atoms with van der Waals surface area (Å²) in [6.07, 6.45) is 3.41. The van der Waals surface area contributed by atoms with E-state index in [1.807, 2.05) is 4.90 Å². The van der Waals surface area contributed by atoms with Crippen LogP contribution in [0.25, 0.3) is 0 Å². The Balaban J connectivity index is 1.88. The Hall–Kier alpha value is -0.610. The van der Waals surface area contributed by atoms with Crippen molar-refractivity contribution in [2.75, 3.05) is 26.2 Å². The molecule has 4 heteroatoms. The molecule has 0 saturated carbocycles. The van der Waals surface area contributed by atoms with Crippen LogP contribution in [-0.4, -0.2) is 49.1 Å². The highest BCUT2D eigenvalue weighted by Gasteiger charge is 2.27. The van der Waals surface area contributed by atoms with Crippen LogP contribution in [-0.2, 0) is 4.79 Å². The molecular formula is C11H21N3O. The molecule has 2 aliphatic rings. The first-order valence-corrected chi connectivity index (χ1v) is 6.03. The van der Waals surface area contributed by atoms with Gasteiger partial charge in [0.15, 0.2) is 0 Å². The molecule has 2 unspecified atom stereocenters. The Bertz CT molecular complexity index is 226. The average molecular weight is 211 g/mol. The number of amides is 1. The maximum atomic E-state index is 12.1. The average Bonchev–Trinajstić information content (AvgIpc) is 2.29. The SMILES string of the molecule is CC1CN(C(=O)C2CCCCN2)CCN1. The number of hydrogen-bond donors (Lipinski definition) is 2. The second-order valence-corrected chi connectivity index (χ2v) is 4.64. The summed E-state index contributed by atoms with van der Waals surface area (Å²) in [5.41, 5.74) is 0. The summed E-state index contributed by atoms with van der Waals surface area (Å²) >= 11 is 0. The summed E-state index contributed by atoms with van der Waals surface area (Å²) in [6, 6.07) is 0.523. The molecule has 0 radical (unpaired) electrons. The van der Waals surface area contributed by atoms with Crippen molar-refractivity contribution in [2.45, 2.75) is 38.3 Å². The third-order valence-electron chi connectivity index (χ3n) is 3.29. The predicted molar refractivity (Wildman–Crippen MR) is 59.7 cm³/mol. The lowest BCUT2D eigenvalue weighted by Gasteiger charge is -2.35. The topological polar surface area (TPSA) is 44.4 Å². The van der Waals surface area contributed by atoms with E-state index >= 15 is 0 Å². The summed E-state index contributed by atoms with van der Waals surface area (Å²) < 4.78 is 0. The second kappa shape index (κ2) is 4.94. The summed E-state index contributed by atoms with van der Waals surface area (Å²) in [7, 11) is 0. The van der Waals surface area contributed by atoms with Gasteiger partial charge in [-0.05, 0) is 26.3 Å². The van der Waals surface area contributed by atoms with E-state index in [0.29, 0.717) is 11.9 Å². The predicted octanol–water partition coefficient (Wildman–Crippen LogP) is -0.0512. The number of hydrogen-bond acceptors (Lipinski definition) is 3. The molecule has 0 bridgehead atoms. The van der Waals surface area contributed by atoms with Crippen LogP contribution in [0.3, 0.4) is 0 Å². The minimum Gasteiger partial charge on any atom is -0.339 e. The van der Waals surface area contributed by atoms with Crippen molar-refractivity contribution in [1.29, 1.82) is 0 Å². The van der Waals surface area contributed by atoms with Gasteiger partial charge in [-0.25, -0.2) is 0 Å². The molecule has 2 heterocycles. The molecule has 2 rings (SSSR count). The molecule has 2 saturated heterocycles. The zero-order valence-electron chi connectivity index (χ0n) is 9.46. The fourth-order valence-electron chi connectivity index (χ4n) is 2.42.